The molecular formula is C34H38F5NS. The van der Waals surface area contributed by atoms with E-state index in [2.05, 4.69) is 13.5 Å². The Labute approximate surface area is 243 Å². The van der Waals surface area contributed by atoms with Crippen LogP contribution >= 0.6 is 11.3 Å². The highest BCUT2D eigenvalue weighted by Crippen LogP contribution is 2.34. The first-order valence-electron chi connectivity index (χ1n) is 14.0. The van der Waals surface area contributed by atoms with E-state index in [1.165, 1.54) is 61.6 Å². The molecule has 41 heavy (non-hydrogen) atoms. The standard InChI is InChI=1S/C16H15F4N.C11H9FS.C7H14/c1-2-10-9-13(7-8-14(10)17)11-3-5-12(6-4-11)15(21)16(18,19)20;1-7(2)11-10(12)8-5-3-4-6-9(8)13-11;1-7-5-3-2-4-6-7/h3-9,15H,2,21H2,1H3;3-6H,1H2,2H3;7H,2-6H2,1H3. The molecule has 0 saturated heterocycles. The van der Waals surface area contributed by atoms with E-state index < -0.39 is 12.2 Å². The van der Waals surface area contributed by atoms with E-state index in [0.717, 1.165) is 27.3 Å². The van der Waals surface area contributed by atoms with Crippen molar-refractivity contribution in [1.29, 1.82) is 0 Å². The first-order chi connectivity index (χ1) is 19.4. The van der Waals surface area contributed by atoms with Crippen LogP contribution in [-0.4, -0.2) is 6.18 Å². The van der Waals surface area contributed by atoms with Crippen molar-refractivity contribution in [3.05, 3.63) is 101 Å². The predicted molar refractivity (Wildman–Crippen MR) is 163 cm³/mol. The van der Waals surface area contributed by atoms with E-state index in [-0.39, 0.29) is 17.2 Å². The number of rotatable bonds is 4. The summed E-state index contributed by atoms with van der Waals surface area (Å²) in [6, 6.07) is 16.0. The molecular weight excluding hydrogens is 549 g/mol. The van der Waals surface area contributed by atoms with E-state index in [4.69, 9.17) is 5.73 Å². The average molecular weight is 588 g/mol. The topological polar surface area (TPSA) is 26.0 Å². The van der Waals surface area contributed by atoms with Crippen molar-refractivity contribution >= 4 is 27.0 Å². The molecule has 1 aromatic heterocycles. The molecule has 0 aliphatic heterocycles. The quantitative estimate of drug-likeness (QED) is 0.236. The second-order valence-corrected chi connectivity index (χ2v) is 11.6. The Hall–Kier alpha value is -3.03. The molecule has 1 unspecified atom stereocenters. The number of halogens is 5. The lowest BCUT2D eigenvalue weighted by Crippen LogP contribution is -2.28. The number of hydrogen-bond acceptors (Lipinski definition) is 2. The van der Waals surface area contributed by atoms with Crippen LogP contribution in [0.2, 0.25) is 0 Å². The van der Waals surface area contributed by atoms with Crippen molar-refractivity contribution < 1.29 is 22.0 Å². The van der Waals surface area contributed by atoms with Crippen molar-refractivity contribution in [2.45, 2.75) is 71.5 Å². The zero-order valence-electron chi connectivity index (χ0n) is 23.8. The molecule has 4 aromatic rings. The number of nitrogens with two attached hydrogens (primary N) is 1. The second kappa shape index (κ2) is 14.7. The van der Waals surface area contributed by atoms with Crippen LogP contribution in [0.3, 0.4) is 0 Å². The maximum absolute atomic E-state index is 13.6. The molecule has 1 saturated carbocycles. The van der Waals surface area contributed by atoms with Crippen molar-refractivity contribution in [2.75, 3.05) is 0 Å². The summed E-state index contributed by atoms with van der Waals surface area (Å²) in [7, 11) is 0. The largest absolute Gasteiger partial charge is 0.407 e. The van der Waals surface area contributed by atoms with Crippen LogP contribution in [0, 0.1) is 17.6 Å². The number of fused-ring (bicyclic) bond motifs is 1. The summed E-state index contributed by atoms with van der Waals surface area (Å²) >= 11 is 1.46. The zero-order chi connectivity index (χ0) is 30.2. The maximum Gasteiger partial charge on any atom is 0.407 e. The third kappa shape index (κ3) is 8.98. The SMILES string of the molecule is C=C(C)c1sc2ccccc2c1F.CC1CCCCC1.CCc1cc(-c2ccc(C(N)C(F)(F)F)cc2)ccc1F. The minimum atomic E-state index is -4.47. The summed E-state index contributed by atoms with van der Waals surface area (Å²) in [5, 5.41) is 0.700. The maximum atomic E-state index is 13.6. The molecule has 1 aliphatic carbocycles. The lowest BCUT2D eigenvalue weighted by atomic mass is 9.91. The molecule has 1 aliphatic rings. The molecule has 1 heterocycles. The Morgan fingerprint density at radius 1 is 0.951 bits per heavy atom. The van der Waals surface area contributed by atoms with Gasteiger partial charge in [0.1, 0.15) is 17.7 Å². The molecule has 0 bridgehead atoms. The number of alkyl halides is 3. The summed E-state index contributed by atoms with van der Waals surface area (Å²) in [5.41, 5.74) is 8.01. The Balaban J connectivity index is 0.000000194. The number of hydrogen-bond donors (Lipinski definition) is 1. The fraction of sp³-hybridized carbons (Fsp3) is 0.353. The third-order valence-electron chi connectivity index (χ3n) is 7.20. The molecule has 7 heteroatoms. The van der Waals surface area contributed by atoms with Crippen molar-refractivity contribution in [3.63, 3.8) is 0 Å². The molecule has 220 valence electrons. The Morgan fingerprint density at radius 3 is 2.07 bits per heavy atom. The highest BCUT2D eigenvalue weighted by molar-refractivity contribution is 7.20. The highest BCUT2D eigenvalue weighted by Gasteiger charge is 2.37. The predicted octanol–water partition coefficient (Wildman–Crippen LogP) is 11.3. The lowest BCUT2D eigenvalue weighted by molar-refractivity contribution is -0.149. The van der Waals surface area contributed by atoms with Gasteiger partial charge in [-0.25, -0.2) is 8.78 Å². The minimum absolute atomic E-state index is 0.00377. The van der Waals surface area contributed by atoms with Crippen molar-refractivity contribution in [3.8, 4) is 11.1 Å². The van der Waals surface area contributed by atoms with E-state index in [9.17, 15) is 22.0 Å². The lowest BCUT2D eigenvalue weighted by Gasteiger charge is -2.16. The van der Waals surface area contributed by atoms with Gasteiger partial charge in [0.05, 0.1) is 4.88 Å². The Bertz CT molecular complexity index is 1420. The van der Waals surface area contributed by atoms with Gasteiger partial charge in [-0.15, -0.1) is 11.3 Å². The number of aryl methyl sites for hydroxylation is 1. The van der Waals surface area contributed by atoms with Crippen LogP contribution in [-0.2, 0) is 6.42 Å². The average Bonchev–Trinajstić information content (AvgIpc) is 3.30. The molecule has 5 rings (SSSR count). The van der Waals surface area contributed by atoms with Crippen LogP contribution in [0.25, 0.3) is 26.8 Å². The summed E-state index contributed by atoms with van der Waals surface area (Å²) in [6.45, 7) is 9.78. The summed E-state index contributed by atoms with van der Waals surface area (Å²) in [5.74, 6) is 0.624. The molecule has 1 fully saturated rings. The van der Waals surface area contributed by atoms with Gasteiger partial charge in [0, 0.05) is 10.1 Å². The van der Waals surface area contributed by atoms with Gasteiger partial charge in [-0.05, 0) is 65.3 Å². The van der Waals surface area contributed by atoms with Crippen molar-refractivity contribution in [1.82, 2.24) is 0 Å². The molecule has 1 atom stereocenters. The van der Waals surface area contributed by atoms with Gasteiger partial charge in [-0.2, -0.15) is 13.2 Å². The van der Waals surface area contributed by atoms with Gasteiger partial charge < -0.3 is 5.73 Å². The molecule has 1 nitrogen and oxygen atoms in total. The van der Waals surface area contributed by atoms with Gasteiger partial charge in [0.2, 0.25) is 0 Å². The molecule has 0 radical (unpaired) electrons. The third-order valence-corrected chi connectivity index (χ3v) is 8.51. The normalized spacial score (nSPS) is 14.5. The summed E-state index contributed by atoms with van der Waals surface area (Å²) < 4.78 is 65.7. The molecule has 0 spiro atoms. The summed E-state index contributed by atoms with van der Waals surface area (Å²) in [4.78, 5) is 0.668. The Morgan fingerprint density at radius 2 is 1.56 bits per heavy atom. The second-order valence-electron chi connectivity index (χ2n) is 10.6. The van der Waals surface area contributed by atoms with Gasteiger partial charge in [0.25, 0.3) is 0 Å². The minimum Gasteiger partial charge on any atom is -0.316 e. The van der Waals surface area contributed by atoms with E-state index in [1.807, 2.05) is 32.0 Å². The van der Waals surface area contributed by atoms with Crippen LogP contribution in [0.1, 0.15) is 74.9 Å². The monoisotopic (exact) mass is 587 g/mol. The van der Waals surface area contributed by atoms with Crippen LogP contribution in [0.15, 0.2) is 73.3 Å². The van der Waals surface area contributed by atoms with Crippen LogP contribution < -0.4 is 5.73 Å². The molecule has 0 amide bonds. The smallest absolute Gasteiger partial charge is 0.316 e. The van der Waals surface area contributed by atoms with Gasteiger partial charge in [0.15, 0.2) is 0 Å². The van der Waals surface area contributed by atoms with Crippen LogP contribution in [0.5, 0.6) is 0 Å². The molecule has 3 aromatic carbocycles. The van der Waals surface area contributed by atoms with Gasteiger partial charge in [-0.1, -0.05) is 101 Å². The van der Waals surface area contributed by atoms with Crippen molar-refractivity contribution in [2.24, 2.45) is 11.7 Å². The number of allylic oxidation sites excluding steroid dienone is 1. The first kappa shape index (κ1) is 32.5. The van der Waals surface area contributed by atoms with E-state index in [0.29, 0.717) is 22.2 Å². The summed E-state index contributed by atoms with van der Waals surface area (Å²) in [6.07, 6.45) is 3.52. The van der Waals surface area contributed by atoms with E-state index in [1.54, 1.807) is 30.3 Å². The van der Waals surface area contributed by atoms with Gasteiger partial charge in [-0.3, -0.25) is 0 Å². The zero-order valence-corrected chi connectivity index (χ0v) is 24.6. The number of thiophene rings is 1. The fourth-order valence-electron chi connectivity index (χ4n) is 4.69. The number of benzene rings is 3. The first-order valence-corrected chi connectivity index (χ1v) is 14.8. The highest BCUT2D eigenvalue weighted by atomic mass is 32.1. The van der Waals surface area contributed by atoms with Gasteiger partial charge >= 0.3 is 6.18 Å². The molecule has 2 N–H and O–H groups in total. The Kier molecular flexibility index (Phi) is 11.7. The fourth-order valence-corrected chi connectivity index (χ4v) is 5.70. The van der Waals surface area contributed by atoms with E-state index >= 15 is 0 Å². The van der Waals surface area contributed by atoms with Crippen LogP contribution in [0.4, 0.5) is 22.0 Å².